The van der Waals surface area contributed by atoms with Crippen molar-refractivity contribution in [1.29, 1.82) is 0 Å². The second kappa shape index (κ2) is 11.1. The molecule has 1 rings (SSSR count). The Hall–Kier alpha value is -0.470. The maximum absolute atomic E-state index is 9.34. The predicted molar refractivity (Wildman–Crippen MR) is 112 cm³/mol. The molecule has 0 unspecified atom stereocenters. The van der Waals surface area contributed by atoms with Gasteiger partial charge in [-0.2, -0.15) is 0 Å². The van der Waals surface area contributed by atoms with Crippen molar-refractivity contribution in [2.75, 3.05) is 26.0 Å². The average Bonchev–Trinajstić information content (AvgIpc) is 2.50. The minimum Gasteiger partial charge on any atom is -0.396 e. The van der Waals surface area contributed by atoms with Gasteiger partial charge in [0, 0.05) is 30.0 Å². The van der Waals surface area contributed by atoms with Crippen molar-refractivity contribution in [3.8, 4) is 0 Å². The molecule has 0 fully saturated rings. The van der Waals surface area contributed by atoms with E-state index in [1.807, 2.05) is 20.8 Å². The smallest absolute Gasteiger partial charge is 0.191 e. The molecule has 0 radical (unpaired) electrons. The van der Waals surface area contributed by atoms with E-state index in [0.717, 1.165) is 12.5 Å². The number of rotatable bonds is 7. The Morgan fingerprint density at radius 2 is 2.00 bits per heavy atom. The van der Waals surface area contributed by atoms with E-state index >= 15 is 0 Å². The fourth-order valence-electron chi connectivity index (χ4n) is 1.87. The van der Waals surface area contributed by atoms with Gasteiger partial charge < -0.3 is 15.7 Å². The summed E-state index contributed by atoms with van der Waals surface area (Å²) in [7, 11) is 0. The number of aliphatic hydroxyl groups is 1. The van der Waals surface area contributed by atoms with Gasteiger partial charge in [0.05, 0.1) is 6.54 Å². The molecule has 0 aliphatic carbocycles. The van der Waals surface area contributed by atoms with E-state index in [4.69, 9.17) is 0 Å². The van der Waals surface area contributed by atoms with Gasteiger partial charge in [0.2, 0.25) is 0 Å². The third-order valence-corrected chi connectivity index (χ3v) is 4.18. The van der Waals surface area contributed by atoms with Crippen molar-refractivity contribution in [1.82, 2.24) is 10.6 Å². The number of benzene rings is 1. The van der Waals surface area contributed by atoms with Gasteiger partial charge in [-0.05, 0) is 37.3 Å². The van der Waals surface area contributed by atoms with E-state index in [2.05, 4.69) is 47.0 Å². The molecule has 0 saturated heterocycles. The lowest BCUT2D eigenvalue weighted by atomic mass is 9.95. The van der Waals surface area contributed by atoms with Crippen LogP contribution in [0.15, 0.2) is 28.1 Å². The van der Waals surface area contributed by atoms with Crippen molar-refractivity contribution >= 4 is 41.7 Å². The summed E-state index contributed by atoms with van der Waals surface area (Å²) in [5.74, 6) is 0.789. The lowest BCUT2D eigenvalue weighted by molar-refractivity contribution is 0.162. The van der Waals surface area contributed by atoms with Crippen LogP contribution in [0.4, 0.5) is 0 Å². The molecule has 4 nitrogen and oxygen atoms in total. The van der Waals surface area contributed by atoms with Crippen LogP contribution in [0.3, 0.4) is 0 Å². The normalized spacial score (nSPS) is 11.8. The molecule has 132 valence electrons. The maximum Gasteiger partial charge on any atom is 0.191 e. The molecule has 0 heterocycles. The molecule has 0 bridgehead atoms. The monoisotopic (exact) mass is 451 g/mol. The van der Waals surface area contributed by atoms with Crippen LogP contribution in [0.25, 0.3) is 0 Å². The third-order valence-electron chi connectivity index (χ3n) is 3.36. The molecule has 0 amide bonds. The van der Waals surface area contributed by atoms with Crippen LogP contribution in [-0.2, 0) is 6.54 Å². The standard InChI is InChI=1S/C17H29N3OS.HI/c1-6-18-16(20-11-17(3,4)12-21)19-10-14-8-7-13(2)9-15(14)22-5;/h7-9,21H,6,10-12H2,1-5H3,(H2,18,19,20);1H. The van der Waals surface area contributed by atoms with Gasteiger partial charge in [-0.25, -0.2) is 4.99 Å². The first-order chi connectivity index (χ1) is 10.4. The van der Waals surface area contributed by atoms with E-state index in [9.17, 15) is 5.11 Å². The summed E-state index contributed by atoms with van der Waals surface area (Å²) in [6.45, 7) is 10.5. The van der Waals surface area contributed by atoms with Gasteiger partial charge in [-0.3, -0.25) is 0 Å². The SMILES string of the molecule is CCNC(=NCc1ccc(C)cc1SC)NCC(C)(C)CO.I. The first-order valence-electron chi connectivity index (χ1n) is 7.68. The highest BCUT2D eigenvalue weighted by atomic mass is 127. The first kappa shape index (κ1) is 22.5. The summed E-state index contributed by atoms with van der Waals surface area (Å²) in [5.41, 5.74) is 2.34. The summed E-state index contributed by atoms with van der Waals surface area (Å²) in [4.78, 5) is 5.93. The zero-order valence-electron chi connectivity index (χ0n) is 14.8. The average molecular weight is 451 g/mol. The number of nitrogens with zero attached hydrogens (tertiary/aromatic N) is 1. The zero-order valence-corrected chi connectivity index (χ0v) is 17.9. The number of nitrogens with one attached hydrogen (secondary N) is 2. The van der Waals surface area contributed by atoms with Crippen molar-refractivity contribution in [2.24, 2.45) is 10.4 Å². The molecule has 1 aromatic carbocycles. The van der Waals surface area contributed by atoms with Gasteiger partial charge in [0.25, 0.3) is 0 Å². The Balaban J connectivity index is 0.00000484. The number of halogens is 1. The minimum absolute atomic E-state index is 0. The highest BCUT2D eigenvalue weighted by Gasteiger charge is 2.16. The largest absolute Gasteiger partial charge is 0.396 e. The van der Waals surface area contributed by atoms with Crippen LogP contribution < -0.4 is 10.6 Å². The van der Waals surface area contributed by atoms with Crippen molar-refractivity contribution in [3.05, 3.63) is 29.3 Å². The first-order valence-corrected chi connectivity index (χ1v) is 8.91. The summed E-state index contributed by atoms with van der Waals surface area (Å²) in [6, 6.07) is 6.47. The topological polar surface area (TPSA) is 56.7 Å². The number of guanidine groups is 1. The Labute approximate surface area is 162 Å². The second-order valence-corrected chi connectivity index (χ2v) is 7.03. The second-order valence-electron chi connectivity index (χ2n) is 6.19. The fourth-order valence-corrected chi connectivity index (χ4v) is 2.57. The summed E-state index contributed by atoms with van der Waals surface area (Å²) in [6.07, 6.45) is 2.09. The maximum atomic E-state index is 9.34. The lowest BCUT2D eigenvalue weighted by Crippen LogP contribution is -2.43. The molecule has 0 spiro atoms. The number of aliphatic hydroxyl groups excluding tert-OH is 1. The van der Waals surface area contributed by atoms with Gasteiger partial charge >= 0.3 is 0 Å². The third kappa shape index (κ3) is 8.26. The Morgan fingerprint density at radius 1 is 1.30 bits per heavy atom. The molecular weight excluding hydrogens is 421 g/mol. The molecular formula is C17H30IN3OS. The highest BCUT2D eigenvalue weighted by molar-refractivity contribution is 14.0. The molecule has 0 aromatic heterocycles. The Bertz CT molecular complexity index is 507. The highest BCUT2D eigenvalue weighted by Crippen LogP contribution is 2.22. The summed E-state index contributed by atoms with van der Waals surface area (Å²) >= 11 is 1.75. The van der Waals surface area contributed by atoms with Gasteiger partial charge in [-0.15, -0.1) is 35.7 Å². The molecule has 3 N–H and O–H groups in total. The molecule has 0 aliphatic heterocycles. The molecule has 6 heteroatoms. The zero-order chi connectivity index (χ0) is 16.6. The van der Waals surface area contributed by atoms with Gasteiger partial charge in [-0.1, -0.05) is 26.0 Å². The van der Waals surface area contributed by atoms with Crippen LogP contribution in [0.1, 0.15) is 31.9 Å². The van der Waals surface area contributed by atoms with Crippen LogP contribution in [0.2, 0.25) is 0 Å². The van der Waals surface area contributed by atoms with Gasteiger partial charge in [0.1, 0.15) is 0 Å². The predicted octanol–water partition coefficient (Wildman–Crippen LogP) is 3.41. The van der Waals surface area contributed by atoms with Gasteiger partial charge in [0.15, 0.2) is 5.96 Å². The van der Waals surface area contributed by atoms with E-state index in [0.29, 0.717) is 13.1 Å². The van der Waals surface area contributed by atoms with Crippen molar-refractivity contribution in [3.63, 3.8) is 0 Å². The Morgan fingerprint density at radius 3 is 2.57 bits per heavy atom. The number of aryl methyl sites for hydroxylation is 1. The molecule has 1 aromatic rings. The van der Waals surface area contributed by atoms with Crippen molar-refractivity contribution in [2.45, 2.75) is 39.1 Å². The number of thioether (sulfide) groups is 1. The lowest BCUT2D eigenvalue weighted by Gasteiger charge is -2.23. The van der Waals surface area contributed by atoms with Crippen LogP contribution >= 0.6 is 35.7 Å². The number of hydrogen-bond acceptors (Lipinski definition) is 3. The van der Waals surface area contributed by atoms with E-state index in [1.54, 1.807) is 11.8 Å². The van der Waals surface area contributed by atoms with E-state index in [1.165, 1.54) is 16.0 Å². The molecule has 0 aliphatic rings. The molecule has 0 saturated carbocycles. The van der Waals surface area contributed by atoms with Crippen LogP contribution in [0.5, 0.6) is 0 Å². The summed E-state index contributed by atoms with van der Waals surface area (Å²) in [5, 5.41) is 15.9. The number of aliphatic imine (C=N–C) groups is 1. The van der Waals surface area contributed by atoms with Crippen LogP contribution in [0, 0.1) is 12.3 Å². The molecule has 0 atom stereocenters. The number of hydrogen-bond donors (Lipinski definition) is 3. The van der Waals surface area contributed by atoms with Crippen molar-refractivity contribution < 1.29 is 5.11 Å². The fraction of sp³-hybridized carbons (Fsp3) is 0.588. The van der Waals surface area contributed by atoms with E-state index in [-0.39, 0.29) is 36.0 Å². The molecule has 23 heavy (non-hydrogen) atoms. The quantitative estimate of drug-likeness (QED) is 0.258. The Kier molecular flexibility index (Phi) is 10.9. The minimum atomic E-state index is -0.162. The van der Waals surface area contributed by atoms with Crippen LogP contribution in [-0.4, -0.2) is 37.0 Å². The summed E-state index contributed by atoms with van der Waals surface area (Å²) < 4.78 is 0. The van der Waals surface area contributed by atoms with E-state index < -0.39 is 0 Å².